The molecule has 0 atom stereocenters. The molecule has 0 saturated heterocycles. The van der Waals surface area contributed by atoms with Gasteiger partial charge in [-0.3, -0.25) is 0 Å². The molecule has 1 aromatic carbocycles. The first kappa shape index (κ1) is 17.3. The van der Waals surface area contributed by atoms with Crippen molar-refractivity contribution in [1.29, 1.82) is 0 Å². The third-order valence-electron chi connectivity index (χ3n) is 3.30. The van der Waals surface area contributed by atoms with Gasteiger partial charge in [0.25, 0.3) is 0 Å². The minimum absolute atomic E-state index is 0.744. The number of likely N-dealkylation sites (N-methyl/N-ethyl adjacent to an activating group) is 1. The zero-order valence-corrected chi connectivity index (χ0v) is 13.7. The van der Waals surface area contributed by atoms with Crippen LogP contribution in [0.4, 0.5) is 0 Å². The van der Waals surface area contributed by atoms with Gasteiger partial charge in [-0.1, -0.05) is 32.4 Å². The number of ether oxygens (including phenoxy) is 1. The number of hydrogen-bond donors (Lipinski definition) is 1. The van der Waals surface area contributed by atoms with Crippen LogP contribution in [0.5, 0.6) is 5.75 Å². The number of hydrogen-bond acceptors (Lipinski definition) is 3. The zero-order valence-electron chi connectivity index (χ0n) is 12.9. The standard InChI is InChI=1S/C16H27ClN2O/c1-4-11-20-16-8-7-15(17)12-14(16)13-18-9-10-19(5-2)6-3/h7-8,12,18H,4-6,9-11,13H2,1-3H3. The quantitative estimate of drug-likeness (QED) is 0.669. The first-order chi connectivity index (χ1) is 9.71. The molecular weight excluding hydrogens is 272 g/mol. The molecule has 114 valence electrons. The molecule has 1 N–H and O–H groups in total. The van der Waals surface area contributed by atoms with Crippen LogP contribution < -0.4 is 10.1 Å². The first-order valence-electron chi connectivity index (χ1n) is 7.55. The van der Waals surface area contributed by atoms with Gasteiger partial charge >= 0.3 is 0 Å². The van der Waals surface area contributed by atoms with Gasteiger partial charge in [0.1, 0.15) is 5.75 Å². The Labute approximate surface area is 128 Å². The van der Waals surface area contributed by atoms with E-state index in [1.807, 2.05) is 18.2 Å². The van der Waals surface area contributed by atoms with Gasteiger partial charge in [0.05, 0.1) is 6.61 Å². The van der Waals surface area contributed by atoms with Crippen LogP contribution in [0.1, 0.15) is 32.8 Å². The predicted octanol–water partition coefficient (Wildman–Crippen LogP) is 3.56. The van der Waals surface area contributed by atoms with E-state index in [4.69, 9.17) is 16.3 Å². The molecule has 4 heteroatoms. The van der Waals surface area contributed by atoms with Crippen LogP contribution in [0.15, 0.2) is 18.2 Å². The average molecular weight is 299 g/mol. The molecular formula is C16H27ClN2O. The van der Waals surface area contributed by atoms with Gasteiger partial charge in [-0.2, -0.15) is 0 Å². The van der Waals surface area contributed by atoms with Crippen LogP contribution in [0.2, 0.25) is 5.02 Å². The summed E-state index contributed by atoms with van der Waals surface area (Å²) in [6.45, 7) is 12.3. The molecule has 0 unspecified atom stereocenters. The molecule has 1 aromatic rings. The fourth-order valence-electron chi connectivity index (χ4n) is 2.04. The Kier molecular flexibility index (Phi) is 8.67. The highest BCUT2D eigenvalue weighted by Crippen LogP contribution is 2.23. The Morgan fingerprint density at radius 2 is 1.95 bits per heavy atom. The highest BCUT2D eigenvalue weighted by atomic mass is 35.5. The molecule has 0 aromatic heterocycles. The molecule has 0 aliphatic rings. The maximum Gasteiger partial charge on any atom is 0.123 e. The molecule has 3 nitrogen and oxygen atoms in total. The van der Waals surface area contributed by atoms with Crippen LogP contribution in [0.3, 0.4) is 0 Å². The highest BCUT2D eigenvalue weighted by Gasteiger charge is 2.05. The molecule has 0 bridgehead atoms. The molecule has 0 heterocycles. The molecule has 0 spiro atoms. The number of nitrogens with one attached hydrogen (secondary N) is 1. The second kappa shape index (κ2) is 10.0. The number of benzene rings is 1. The van der Waals surface area contributed by atoms with Gasteiger partial charge in [0.2, 0.25) is 0 Å². The average Bonchev–Trinajstić information content (AvgIpc) is 2.46. The summed E-state index contributed by atoms with van der Waals surface area (Å²) >= 11 is 6.07. The summed E-state index contributed by atoms with van der Waals surface area (Å²) in [5, 5.41) is 4.22. The SMILES string of the molecule is CCCOc1ccc(Cl)cc1CNCCN(CC)CC. The number of rotatable bonds is 10. The lowest BCUT2D eigenvalue weighted by Gasteiger charge is -2.18. The molecule has 0 fully saturated rings. The maximum atomic E-state index is 6.07. The van der Waals surface area contributed by atoms with Crippen LogP contribution >= 0.6 is 11.6 Å². The maximum absolute atomic E-state index is 6.07. The van der Waals surface area contributed by atoms with E-state index in [0.29, 0.717) is 0 Å². The normalized spacial score (nSPS) is 11.1. The van der Waals surface area contributed by atoms with Crippen molar-refractivity contribution in [1.82, 2.24) is 10.2 Å². The zero-order chi connectivity index (χ0) is 14.8. The topological polar surface area (TPSA) is 24.5 Å². The molecule has 0 radical (unpaired) electrons. The summed E-state index contributed by atoms with van der Waals surface area (Å²) in [6, 6.07) is 5.82. The Hall–Kier alpha value is -0.770. The number of nitrogens with zero attached hydrogens (tertiary/aromatic N) is 1. The van der Waals surface area contributed by atoms with Crippen LogP contribution in [-0.2, 0) is 6.54 Å². The smallest absolute Gasteiger partial charge is 0.123 e. The molecule has 0 aliphatic carbocycles. The molecule has 0 saturated carbocycles. The fraction of sp³-hybridized carbons (Fsp3) is 0.625. The van der Waals surface area contributed by atoms with E-state index in [9.17, 15) is 0 Å². The minimum Gasteiger partial charge on any atom is -0.493 e. The van der Waals surface area contributed by atoms with Gasteiger partial charge in [0.15, 0.2) is 0 Å². The number of halogens is 1. The molecule has 0 amide bonds. The third kappa shape index (κ3) is 6.12. The summed E-state index contributed by atoms with van der Waals surface area (Å²) in [6.07, 6.45) is 1.01. The lowest BCUT2D eigenvalue weighted by molar-refractivity contribution is 0.299. The Balaban J connectivity index is 2.47. The summed E-state index contributed by atoms with van der Waals surface area (Å²) < 4.78 is 5.75. The van der Waals surface area contributed by atoms with Crippen LogP contribution in [0.25, 0.3) is 0 Å². The van der Waals surface area contributed by atoms with Crippen molar-refractivity contribution in [3.63, 3.8) is 0 Å². The molecule has 0 aliphatic heterocycles. The summed E-state index contributed by atoms with van der Waals surface area (Å²) in [7, 11) is 0. The van der Waals surface area contributed by atoms with Crippen LogP contribution in [0, 0.1) is 0 Å². The molecule has 1 rings (SSSR count). The summed E-state index contributed by atoms with van der Waals surface area (Å²) in [5.74, 6) is 0.937. The van der Waals surface area contributed by atoms with Crippen molar-refractivity contribution < 1.29 is 4.74 Å². The van der Waals surface area contributed by atoms with Crippen molar-refractivity contribution in [2.45, 2.75) is 33.7 Å². The van der Waals surface area contributed by atoms with E-state index >= 15 is 0 Å². The van der Waals surface area contributed by atoms with Crippen molar-refractivity contribution in [3.05, 3.63) is 28.8 Å². The first-order valence-corrected chi connectivity index (χ1v) is 7.93. The van der Waals surface area contributed by atoms with Crippen molar-refractivity contribution in [2.24, 2.45) is 0 Å². The summed E-state index contributed by atoms with van der Waals surface area (Å²) in [4.78, 5) is 2.40. The van der Waals surface area contributed by atoms with Gasteiger partial charge in [0, 0.05) is 30.2 Å². The van der Waals surface area contributed by atoms with Gasteiger partial charge in [-0.05, 0) is 37.7 Å². The van der Waals surface area contributed by atoms with Crippen molar-refractivity contribution >= 4 is 11.6 Å². The Bertz CT molecular complexity index is 381. The lowest BCUT2D eigenvalue weighted by Crippen LogP contribution is -2.31. The van der Waals surface area contributed by atoms with E-state index in [1.165, 1.54) is 0 Å². The van der Waals surface area contributed by atoms with E-state index in [2.05, 4.69) is 31.0 Å². The second-order valence-corrected chi connectivity index (χ2v) is 5.24. The van der Waals surface area contributed by atoms with Gasteiger partial charge < -0.3 is 15.0 Å². The van der Waals surface area contributed by atoms with E-state index in [1.54, 1.807) is 0 Å². The highest BCUT2D eigenvalue weighted by molar-refractivity contribution is 6.30. The van der Waals surface area contributed by atoms with Crippen molar-refractivity contribution in [3.8, 4) is 5.75 Å². The predicted molar refractivity (Wildman–Crippen MR) is 86.7 cm³/mol. The lowest BCUT2D eigenvalue weighted by atomic mass is 10.2. The second-order valence-electron chi connectivity index (χ2n) is 4.80. The Morgan fingerprint density at radius 1 is 1.20 bits per heavy atom. The summed E-state index contributed by atoms with van der Waals surface area (Å²) in [5.41, 5.74) is 1.13. The van der Waals surface area contributed by atoms with Crippen LogP contribution in [-0.4, -0.2) is 37.7 Å². The largest absolute Gasteiger partial charge is 0.493 e. The monoisotopic (exact) mass is 298 g/mol. The molecule has 20 heavy (non-hydrogen) atoms. The van der Waals surface area contributed by atoms with Crippen molar-refractivity contribution in [2.75, 3.05) is 32.8 Å². The Morgan fingerprint density at radius 3 is 2.60 bits per heavy atom. The fourth-order valence-corrected chi connectivity index (χ4v) is 2.23. The van der Waals surface area contributed by atoms with E-state index in [0.717, 1.165) is 62.1 Å². The van der Waals surface area contributed by atoms with E-state index < -0.39 is 0 Å². The minimum atomic E-state index is 0.744. The van der Waals surface area contributed by atoms with Gasteiger partial charge in [-0.25, -0.2) is 0 Å². The third-order valence-corrected chi connectivity index (χ3v) is 3.53. The van der Waals surface area contributed by atoms with Gasteiger partial charge in [-0.15, -0.1) is 0 Å². The van der Waals surface area contributed by atoms with E-state index in [-0.39, 0.29) is 0 Å².